The van der Waals surface area contributed by atoms with Crippen LogP contribution in [0.1, 0.15) is 22.9 Å². The van der Waals surface area contributed by atoms with E-state index in [9.17, 15) is 4.79 Å². The molecular formula is C18H18N4OS4. The maximum Gasteiger partial charge on any atom is 0.250 e. The minimum absolute atomic E-state index is 0.153. The summed E-state index contributed by atoms with van der Waals surface area (Å²) in [5.41, 5.74) is 5.90. The summed E-state index contributed by atoms with van der Waals surface area (Å²) >= 11 is 6.13. The molecule has 140 valence electrons. The number of amides is 1. The van der Waals surface area contributed by atoms with E-state index in [-0.39, 0.29) is 11.7 Å². The molecule has 0 aliphatic rings. The van der Waals surface area contributed by atoms with Crippen LogP contribution in [-0.2, 0) is 10.5 Å². The summed E-state index contributed by atoms with van der Waals surface area (Å²) in [6.45, 7) is 3.96. The predicted molar refractivity (Wildman–Crippen MR) is 116 cm³/mol. The summed E-state index contributed by atoms with van der Waals surface area (Å²) in [5, 5.41) is 14.4. The second-order valence-electron chi connectivity index (χ2n) is 5.61. The third-order valence-corrected chi connectivity index (χ3v) is 7.66. The van der Waals surface area contributed by atoms with Crippen LogP contribution < -0.4 is 5.43 Å². The average Bonchev–Trinajstić information content (AvgIpc) is 3.36. The Bertz CT molecular complexity index is 904. The van der Waals surface area contributed by atoms with Crippen molar-refractivity contribution < 1.29 is 4.79 Å². The monoisotopic (exact) mass is 434 g/mol. The maximum atomic E-state index is 12.0. The van der Waals surface area contributed by atoms with Crippen molar-refractivity contribution in [1.29, 1.82) is 0 Å². The van der Waals surface area contributed by atoms with E-state index >= 15 is 0 Å². The van der Waals surface area contributed by atoms with Gasteiger partial charge >= 0.3 is 0 Å². The lowest BCUT2D eigenvalue weighted by molar-refractivity contribution is -0.118. The standard InChI is InChI=1S/C18H18N4OS4/c1-12-5-7-14(8-6-12)10-25-17-21-22-18(27-17)26-11-16(23)20-19-13(2)15-4-3-9-24-15/h3-9H,10-11H2,1-2H3,(H,20,23)/b19-13-. The smallest absolute Gasteiger partial charge is 0.250 e. The highest BCUT2D eigenvalue weighted by Crippen LogP contribution is 2.30. The van der Waals surface area contributed by atoms with Crippen molar-refractivity contribution in [3.05, 3.63) is 57.8 Å². The van der Waals surface area contributed by atoms with Gasteiger partial charge in [0.05, 0.1) is 11.5 Å². The SMILES string of the molecule is C/C(=N/NC(=O)CSc1nnc(SCc2ccc(C)cc2)s1)c1cccs1. The van der Waals surface area contributed by atoms with Gasteiger partial charge in [-0.25, -0.2) is 5.43 Å². The fraction of sp³-hybridized carbons (Fsp3) is 0.222. The molecule has 0 bridgehead atoms. The minimum Gasteiger partial charge on any atom is -0.272 e. The van der Waals surface area contributed by atoms with E-state index in [1.54, 1.807) is 23.1 Å². The van der Waals surface area contributed by atoms with Crippen LogP contribution in [0.4, 0.5) is 0 Å². The van der Waals surface area contributed by atoms with Crippen molar-refractivity contribution in [3.63, 3.8) is 0 Å². The molecule has 0 saturated heterocycles. The number of aryl methyl sites for hydroxylation is 1. The van der Waals surface area contributed by atoms with E-state index in [1.165, 1.54) is 34.2 Å². The van der Waals surface area contributed by atoms with Crippen LogP contribution in [0.25, 0.3) is 0 Å². The maximum absolute atomic E-state index is 12.0. The molecule has 0 atom stereocenters. The zero-order valence-corrected chi connectivity index (χ0v) is 18.1. The summed E-state index contributed by atoms with van der Waals surface area (Å²) in [4.78, 5) is 13.0. The van der Waals surface area contributed by atoms with Gasteiger partial charge in [0.15, 0.2) is 8.68 Å². The first-order valence-electron chi connectivity index (χ1n) is 8.12. The van der Waals surface area contributed by atoms with Gasteiger partial charge in [0, 0.05) is 10.6 Å². The van der Waals surface area contributed by atoms with Crippen molar-refractivity contribution in [1.82, 2.24) is 15.6 Å². The normalized spacial score (nSPS) is 11.6. The first kappa shape index (κ1) is 20.1. The number of nitrogens with one attached hydrogen (secondary N) is 1. The number of hydrazone groups is 1. The van der Waals surface area contributed by atoms with Crippen LogP contribution in [0, 0.1) is 6.92 Å². The number of carbonyl (C=O) groups excluding carboxylic acids is 1. The van der Waals surface area contributed by atoms with E-state index in [0.717, 1.165) is 25.0 Å². The molecule has 0 unspecified atom stereocenters. The Kier molecular flexibility index (Phi) is 7.45. The Hall–Kier alpha value is -1.68. The number of nitrogens with zero attached hydrogens (tertiary/aromatic N) is 3. The molecule has 9 heteroatoms. The molecule has 1 N–H and O–H groups in total. The lowest BCUT2D eigenvalue weighted by Gasteiger charge is -2.00. The highest BCUT2D eigenvalue weighted by atomic mass is 32.2. The number of benzene rings is 1. The van der Waals surface area contributed by atoms with Crippen LogP contribution in [-0.4, -0.2) is 27.6 Å². The van der Waals surface area contributed by atoms with E-state index in [0.29, 0.717) is 0 Å². The molecule has 0 aliphatic heterocycles. The Morgan fingerprint density at radius 1 is 1.15 bits per heavy atom. The Morgan fingerprint density at radius 3 is 2.59 bits per heavy atom. The van der Waals surface area contributed by atoms with Gasteiger partial charge in [0.2, 0.25) is 0 Å². The summed E-state index contributed by atoms with van der Waals surface area (Å²) in [6.07, 6.45) is 0. The first-order chi connectivity index (χ1) is 13.1. The molecule has 0 saturated carbocycles. The van der Waals surface area contributed by atoms with Crippen LogP contribution >= 0.6 is 46.2 Å². The summed E-state index contributed by atoms with van der Waals surface area (Å²) in [7, 11) is 0. The molecule has 0 spiro atoms. The van der Waals surface area contributed by atoms with Crippen molar-refractivity contribution in [2.75, 3.05) is 5.75 Å². The molecule has 3 aromatic rings. The first-order valence-corrected chi connectivity index (χ1v) is 11.8. The number of hydrogen-bond acceptors (Lipinski definition) is 8. The third-order valence-electron chi connectivity index (χ3n) is 3.42. The predicted octanol–water partition coefficient (Wildman–Crippen LogP) is 4.83. The van der Waals surface area contributed by atoms with Gasteiger partial charge in [0.25, 0.3) is 5.91 Å². The highest BCUT2D eigenvalue weighted by Gasteiger charge is 2.09. The molecule has 1 aromatic carbocycles. The van der Waals surface area contributed by atoms with Crippen molar-refractivity contribution >= 4 is 57.8 Å². The van der Waals surface area contributed by atoms with E-state index in [4.69, 9.17) is 0 Å². The van der Waals surface area contributed by atoms with Crippen molar-refractivity contribution in [2.24, 2.45) is 5.10 Å². The van der Waals surface area contributed by atoms with Gasteiger partial charge < -0.3 is 0 Å². The number of aromatic nitrogens is 2. The number of thiophene rings is 1. The van der Waals surface area contributed by atoms with Gasteiger partial charge in [-0.2, -0.15) is 5.10 Å². The fourth-order valence-corrected chi connectivity index (χ4v) is 5.43. The molecule has 0 aliphatic carbocycles. The molecule has 0 radical (unpaired) electrons. The summed E-state index contributed by atoms with van der Waals surface area (Å²) in [6, 6.07) is 12.4. The molecule has 1 amide bonds. The van der Waals surface area contributed by atoms with Gasteiger partial charge in [-0.3, -0.25) is 4.79 Å². The van der Waals surface area contributed by atoms with E-state index < -0.39 is 0 Å². The van der Waals surface area contributed by atoms with Gasteiger partial charge in [-0.15, -0.1) is 21.5 Å². The Balaban J connectivity index is 1.43. The average molecular weight is 435 g/mol. The summed E-state index contributed by atoms with van der Waals surface area (Å²) < 4.78 is 1.69. The molecule has 0 fully saturated rings. The molecule has 2 heterocycles. The number of rotatable bonds is 8. The van der Waals surface area contributed by atoms with Gasteiger partial charge in [0.1, 0.15) is 0 Å². The quantitative estimate of drug-likeness (QED) is 0.312. The van der Waals surface area contributed by atoms with Gasteiger partial charge in [-0.1, -0.05) is 70.8 Å². The zero-order chi connectivity index (χ0) is 19.1. The van der Waals surface area contributed by atoms with Gasteiger partial charge in [-0.05, 0) is 30.9 Å². The second-order valence-corrected chi connectivity index (χ2v) is 9.98. The highest BCUT2D eigenvalue weighted by molar-refractivity contribution is 8.03. The minimum atomic E-state index is -0.153. The lowest BCUT2D eigenvalue weighted by Crippen LogP contribution is -2.20. The second kappa shape index (κ2) is 10.0. The Morgan fingerprint density at radius 2 is 1.89 bits per heavy atom. The number of thioether (sulfide) groups is 2. The topological polar surface area (TPSA) is 67.2 Å². The van der Waals surface area contributed by atoms with Crippen LogP contribution in [0.2, 0.25) is 0 Å². The Labute approximate surface area is 174 Å². The molecule has 27 heavy (non-hydrogen) atoms. The number of hydrogen-bond donors (Lipinski definition) is 1. The van der Waals surface area contributed by atoms with Crippen molar-refractivity contribution in [3.8, 4) is 0 Å². The van der Waals surface area contributed by atoms with Crippen LogP contribution in [0.15, 0.2) is 55.6 Å². The van der Waals surface area contributed by atoms with Crippen molar-refractivity contribution in [2.45, 2.75) is 28.3 Å². The molecular weight excluding hydrogens is 416 g/mol. The molecule has 2 aromatic heterocycles. The zero-order valence-electron chi connectivity index (χ0n) is 14.8. The van der Waals surface area contributed by atoms with E-state index in [1.807, 2.05) is 24.4 Å². The molecule has 3 rings (SSSR count). The van der Waals surface area contributed by atoms with E-state index in [2.05, 4.69) is 51.9 Å². The lowest BCUT2D eigenvalue weighted by atomic mass is 10.2. The fourth-order valence-electron chi connectivity index (χ4n) is 1.99. The summed E-state index contributed by atoms with van der Waals surface area (Å²) in [5.74, 6) is 0.967. The largest absolute Gasteiger partial charge is 0.272 e. The van der Waals surface area contributed by atoms with Crippen LogP contribution in [0.3, 0.4) is 0 Å². The molecule has 5 nitrogen and oxygen atoms in total. The number of carbonyl (C=O) groups is 1. The van der Waals surface area contributed by atoms with Crippen LogP contribution in [0.5, 0.6) is 0 Å². The third kappa shape index (κ3) is 6.46.